The number of rotatable bonds is 2. The topological polar surface area (TPSA) is 57.4 Å². The Morgan fingerprint density at radius 2 is 1.90 bits per heavy atom. The Hall–Kier alpha value is -2.82. The molecule has 0 N–H and O–H groups in total. The van der Waals surface area contributed by atoms with Gasteiger partial charge >= 0.3 is 0 Å². The van der Waals surface area contributed by atoms with Crippen molar-refractivity contribution in [2.45, 2.75) is 0 Å². The van der Waals surface area contributed by atoms with Gasteiger partial charge in [-0.1, -0.05) is 6.07 Å². The predicted octanol–water partition coefficient (Wildman–Crippen LogP) is 3.13. The van der Waals surface area contributed by atoms with Crippen LogP contribution in [-0.4, -0.2) is 16.8 Å². The van der Waals surface area contributed by atoms with E-state index in [1.165, 1.54) is 6.39 Å². The summed E-state index contributed by atoms with van der Waals surface area (Å²) in [7, 11) is 0. The van der Waals surface area contributed by atoms with Gasteiger partial charge in [-0.2, -0.15) is 0 Å². The molecular formula is C15H10N2O3. The third kappa shape index (κ3) is 1.72. The highest BCUT2D eigenvalue weighted by atomic mass is 16.7. The maximum absolute atomic E-state index is 5.52. The van der Waals surface area contributed by atoms with E-state index in [0.717, 1.165) is 17.0 Å². The summed E-state index contributed by atoms with van der Waals surface area (Å²) in [6.07, 6.45) is 3.15. The summed E-state index contributed by atoms with van der Waals surface area (Å²) in [6, 6.07) is 11.3. The lowest BCUT2D eigenvalue weighted by molar-refractivity contribution is 0.174. The molecule has 4 rings (SSSR count). The van der Waals surface area contributed by atoms with Crippen molar-refractivity contribution in [2.24, 2.45) is 0 Å². The smallest absolute Gasteiger partial charge is 0.231 e. The van der Waals surface area contributed by atoms with Crippen LogP contribution in [0.4, 0.5) is 0 Å². The second kappa shape index (κ2) is 4.38. The molecule has 0 aliphatic carbocycles. The molecule has 3 aromatic rings. The Morgan fingerprint density at radius 1 is 0.950 bits per heavy atom. The number of aromatic nitrogens is 2. The van der Waals surface area contributed by atoms with Gasteiger partial charge in [0.2, 0.25) is 6.79 Å². The van der Waals surface area contributed by atoms with Gasteiger partial charge in [0.15, 0.2) is 23.7 Å². The highest BCUT2D eigenvalue weighted by molar-refractivity contribution is 5.76. The third-order valence-corrected chi connectivity index (χ3v) is 3.11. The number of hydrogen-bond acceptors (Lipinski definition) is 5. The van der Waals surface area contributed by atoms with Gasteiger partial charge in [-0.25, -0.2) is 4.98 Å². The lowest BCUT2D eigenvalue weighted by Gasteiger charge is -2.02. The van der Waals surface area contributed by atoms with E-state index in [9.17, 15) is 0 Å². The van der Waals surface area contributed by atoms with Crippen LogP contribution in [-0.2, 0) is 0 Å². The number of hydrogen-bond donors (Lipinski definition) is 0. The van der Waals surface area contributed by atoms with Gasteiger partial charge in [-0.15, -0.1) is 0 Å². The van der Waals surface area contributed by atoms with E-state index in [-0.39, 0.29) is 6.79 Å². The lowest BCUT2D eigenvalue weighted by atomic mass is 10.1. The molecule has 0 bridgehead atoms. The molecule has 98 valence electrons. The normalized spacial score (nSPS) is 12.6. The van der Waals surface area contributed by atoms with Crippen molar-refractivity contribution in [3.63, 3.8) is 0 Å². The van der Waals surface area contributed by atoms with Crippen molar-refractivity contribution in [1.82, 2.24) is 9.97 Å². The zero-order valence-electron chi connectivity index (χ0n) is 10.4. The van der Waals surface area contributed by atoms with Crippen molar-refractivity contribution >= 4 is 0 Å². The van der Waals surface area contributed by atoms with Crippen molar-refractivity contribution in [1.29, 1.82) is 0 Å². The van der Waals surface area contributed by atoms with Crippen LogP contribution < -0.4 is 9.47 Å². The maximum atomic E-state index is 5.52. The molecule has 2 aromatic heterocycles. The first kappa shape index (κ1) is 11.0. The Bertz CT molecular complexity index is 753. The van der Waals surface area contributed by atoms with Crippen LogP contribution in [0.5, 0.6) is 11.5 Å². The summed E-state index contributed by atoms with van der Waals surface area (Å²) in [5, 5.41) is 0. The molecule has 0 saturated heterocycles. The Balaban J connectivity index is 1.82. The standard InChI is InChI=1S/C15H10N2O3/c1-2-6-16-11(3-1)14-15(18-8-17-14)10-4-5-12-13(7-10)20-9-19-12/h1-8H,9H2. The number of pyridine rings is 1. The van der Waals surface area contributed by atoms with E-state index in [1.807, 2.05) is 36.4 Å². The van der Waals surface area contributed by atoms with E-state index in [2.05, 4.69) is 9.97 Å². The minimum Gasteiger partial charge on any atom is -0.454 e. The highest BCUT2D eigenvalue weighted by Crippen LogP contribution is 2.38. The fourth-order valence-electron chi connectivity index (χ4n) is 2.17. The fraction of sp³-hybridized carbons (Fsp3) is 0.0667. The molecule has 3 heterocycles. The average Bonchev–Trinajstić information content (AvgIpc) is 3.16. The second-order valence-electron chi connectivity index (χ2n) is 4.31. The number of nitrogens with zero attached hydrogens (tertiary/aromatic N) is 2. The summed E-state index contributed by atoms with van der Waals surface area (Å²) in [5.41, 5.74) is 2.37. The number of benzene rings is 1. The zero-order chi connectivity index (χ0) is 13.4. The van der Waals surface area contributed by atoms with E-state index in [1.54, 1.807) is 6.20 Å². The molecule has 1 aliphatic heterocycles. The van der Waals surface area contributed by atoms with Gasteiger partial charge in [0.1, 0.15) is 5.69 Å². The molecule has 1 aromatic carbocycles. The largest absolute Gasteiger partial charge is 0.454 e. The molecule has 1 aliphatic rings. The Labute approximate surface area is 114 Å². The van der Waals surface area contributed by atoms with Crippen LogP contribution in [0, 0.1) is 0 Å². The summed E-state index contributed by atoms with van der Waals surface area (Å²) < 4.78 is 16.2. The second-order valence-corrected chi connectivity index (χ2v) is 4.31. The minimum atomic E-state index is 0.252. The molecule has 0 atom stereocenters. The van der Waals surface area contributed by atoms with Gasteiger partial charge in [0, 0.05) is 11.8 Å². The van der Waals surface area contributed by atoms with E-state index >= 15 is 0 Å². The SMILES string of the molecule is c1ccc(-c2ncoc2-c2ccc3c(c2)OCO3)nc1. The van der Waals surface area contributed by atoms with E-state index in [0.29, 0.717) is 17.2 Å². The quantitative estimate of drug-likeness (QED) is 0.713. The summed E-state index contributed by atoms with van der Waals surface area (Å²) in [5.74, 6) is 2.13. The van der Waals surface area contributed by atoms with Crippen LogP contribution in [0.2, 0.25) is 0 Å². The molecular weight excluding hydrogens is 256 g/mol. The minimum absolute atomic E-state index is 0.252. The van der Waals surface area contributed by atoms with E-state index < -0.39 is 0 Å². The van der Waals surface area contributed by atoms with Crippen molar-refractivity contribution < 1.29 is 13.9 Å². The first-order valence-electron chi connectivity index (χ1n) is 6.17. The number of ether oxygens (including phenoxy) is 2. The van der Waals surface area contributed by atoms with Crippen molar-refractivity contribution in [3.8, 4) is 34.2 Å². The lowest BCUT2D eigenvalue weighted by Crippen LogP contribution is -1.92. The molecule has 0 amide bonds. The predicted molar refractivity (Wildman–Crippen MR) is 71.3 cm³/mol. The summed E-state index contributed by atoms with van der Waals surface area (Å²) >= 11 is 0. The zero-order valence-corrected chi connectivity index (χ0v) is 10.4. The van der Waals surface area contributed by atoms with Gasteiger partial charge in [0.25, 0.3) is 0 Å². The molecule has 0 spiro atoms. The van der Waals surface area contributed by atoms with Gasteiger partial charge in [-0.05, 0) is 30.3 Å². The van der Waals surface area contributed by atoms with E-state index in [4.69, 9.17) is 13.9 Å². The van der Waals surface area contributed by atoms with Crippen LogP contribution >= 0.6 is 0 Å². The first-order valence-corrected chi connectivity index (χ1v) is 6.17. The van der Waals surface area contributed by atoms with Gasteiger partial charge in [-0.3, -0.25) is 4.98 Å². The highest BCUT2D eigenvalue weighted by Gasteiger charge is 2.18. The third-order valence-electron chi connectivity index (χ3n) is 3.11. The molecule has 0 radical (unpaired) electrons. The Morgan fingerprint density at radius 3 is 2.80 bits per heavy atom. The molecule has 0 saturated carbocycles. The number of fused-ring (bicyclic) bond motifs is 1. The maximum Gasteiger partial charge on any atom is 0.231 e. The molecule has 0 unspecified atom stereocenters. The van der Waals surface area contributed by atoms with Crippen LogP contribution in [0.25, 0.3) is 22.7 Å². The number of oxazole rings is 1. The molecule has 20 heavy (non-hydrogen) atoms. The van der Waals surface area contributed by atoms with Gasteiger partial charge < -0.3 is 13.9 Å². The van der Waals surface area contributed by atoms with Crippen molar-refractivity contribution in [2.75, 3.05) is 6.79 Å². The van der Waals surface area contributed by atoms with Crippen LogP contribution in [0.15, 0.2) is 53.4 Å². The molecule has 5 heteroatoms. The average molecular weight is 266 g/mol. The van der Waals surface area contributed by atoms with Gasteiger partial charge in [0.05, 0.1) is 5.69 Å². The van der Waals surface area contributed by atoms with Crippen LogP contribution in [0.1, 0.15) is 0 Å². The molecule has 0 fully saturated rings. The summed E-state index contributed by atoms with van der Waals surface area (Å²) in [6.45, 7) is 0.252. The first-order chi connectivity index (χ1) is 9.92. The summed E-state index contributed by atoms with van der Waals surface area (Å²) in [4.78, 5) is 8.56. The monoisotopic (exact) mass is 266 g/mol. The van der Waals surface area contributed by atoms with Crippen LogP contribution in [0.3, 0.4) is 0 Å². The van der Waals surface area contributed by atoms with Crippen molar-refractivity contribution in [3.05, 3.63) is 49.0 Å². The molecule has 5 nitrogen and oxygen atoms in total. The fourth-order valence-corrected chi connectivity index (χ4v) is 2.17. The Kier molecular flexibility index (Phi) is 2.42.